The second-order valence-electron chi connectivity index (χ2n) is 6.54. The molecule has 0 atom stereocenters. The lowest BCUT2D eigenvalue weighted by atomic mass is 10.0. The third kappa shape index (κ3) is 3.57. The molecule has 0 saturated heterocycles. The van der Waals surface area contributed by atoms with E-state index in [-0.39, 0.29) is 25.2 Å². The maximum Gasteiger partial charge on any atom is 0.254 e. The molecule has 26 heavy (non-hydrogen) atoms. The molecule has 0 aromatic heterocycles. The van der Waals surface area contributed by atoms with Gasteiger partial charge < -0.3 is 16.0 Å². The number of amides is 1. The predicted octanol–water partition coefficient (Wildman–Crippen LogP) is 4.59. The largest absolute Gasteiger partial charge is 0.397 e. The van der Waals surface area contributed by atoms with Gasteiger partial charge in [0.1, 0.15) is 5.82 Å². The highest BCUT2D eigenvalue weighted by Crippen LogP contribution is 2.28. The molecule has 0 radical (unpaired) electrons. The van der Waals surface area contributed by atoms with Crippen molar-refractivity contribution in [2.45, 2.75) is 40.8 Å². The molecule has 5 heteroatoms. The van der Waals surface area contributed by atoms with Gasteiger partial charge in [0.05, 0.1) is 11.4 Å². The number of hydrogen-bond donors (Lipinski definition) is 2. The van der Waals surface area contributed by atoms with Crippen molar-refractivity contribution in [1.82, 2.24) is 4.90 Å². The smallest absolute Gasteiger partial charge is 0.254 e. The molecule has 0 bridgehead atoms. The van der Waals surface area contributed by atoms with Crippen LogP contribution in [-0.2, 0) is 6.54 Å². The van der Waals surface area contributed by atoms with Crippen molar-refractivity contribution in [3.63, 3.8) is 0 Å². The van der Waals surface area contributed by atoms with Gasteiger partial charge in [0.2, 0.25) is 0 Å². The van der Waals surface area contributed by atoms with Gasteiger partial charge in [-0.05, 0) is 56.2 Å². The highest BCUT2D eigenvalue weighted by Gasteiger charge is 2.29. The summed E-state index contributed by atoms with van der Waals surface area (Å²) < 4.78 is 13.8. The molecule has 138 valence electrons. The van der Waals surface area contributed by atoms with Gasteiger partial charge in [-0.25, -0.2) is 4.39 Å². The van der Waals surface area contributed by atoms with Crippen LogP contribution in [0, 0.1) is 5.82 Å². The Morgan fingerprint density at radius 3 is 2.58 bits per heavy atom. The number of hydrogen-bond acceptors (Lipinski definition) is 3. The molecular formula is C21H26FN3O. The monoisotopic (exact) mass is 355 g/mol. The summed E-state index contributed by atoms with van der Waals surface area (Å²) in [5, 5.41) is 3.01. The van der Waals surface area contributed by atoms with E-state index < -0.39 is 0 Å². The minimum atomic E-state index is -0.332. The second-order valence-corrected chi connectivity index (χ2v) is 6.54. The van der Waals surface area contributed by atoms with E-state index in [1.165, 1.54) is 6.07 Å². The van der Waals surface area contributed by atoms with Crippen LogP contribution in [0.25, 0.3) is 5.70 Å². The number of nitrogens with one attached hydrogen (secondary N) is 1. The maximum atomic E-state index is 13.8. The first-order valence-corrected chi connectivity index (χ1v) is 8.30. The summed E-state index contributed by atoms with van der Waals surface area (Å²) >= 11 is 0. The van der Waals surface area contributed by atoms with E-state index in [4.69, 9.17) is 5.73 Å². The first kappa shape index (κ1) is 19.5. The number of halogens is 1. The first-order valence-electron chi connectivity index (χ1n) is 8.30. The minimum absolute atomic E-state index is 0. The summed E-state index contributed by atoms with van der Waals surface area (Å²) in [5.74, 6) is -0.276. The Balaban J connectivity index is 0.00000243. The molecule has 0 saturated carbocycles. The molecule has 1 aliphatic heterocycles. The molecule has 3 N–H and O–H groups in total. The SMILES string of the molecule is C.C/C(Nc1ccccc1F)=C(/N)c1ccc2c(c1)CN(C(C)C)C2=O. The predicted molar refractivity (Wildman–Crippen MR) is 105 cm³/mol. The minimum Gasteiger partial charge on any atom is -0.397 e. The van der Waals surface area contributed by atoms with Crippen LogP contribution >= 0.6 is 0 Å². The fraction of sp³-hybridized carbons (Fsp3) is 0.286. The summed E-state index contributed by atoms with van der Waals surface area (Å²) in [7, 11) is 0. The van der Waals surface area contributed by atoms with E-state index in [0.29, 0.717) is 23.6 Å². The van der Waals surface area contributed by atoms with Gasteiger partial charge >= 0.3 is 0 Å². The van der Waals surface area contributed by atoms with Crippen molar-refractivity contribution in [1.29, 1.82) is 0 Å². The molecule has 4 nitrogen and oxygen atoms in total. The Morgan fingerprint density at radius 2 is 1.92 bits per heavy atom. The number of nitrogens with two attached hydrogens (primary N) is 1. The summed E-state index contributed by atoms with van der Waals surface area (Å²) in [6.45, 7) is 6.40. The van der Waals surface area contributed by atoms with Gasteiger partial charge in [-0.2, -0.15) is 0 Å². The van der Waals surface area contributed by atoms with Crippen molar-refractivity contribution >= 4 is 17.3 Å². The molecule has 3 rings (SSSR count). The number of benzene rings is 2. The standard InChI is InChI=1S/C20H22FN3O.CH4/c1-12(2)24-11-15-10-14(8-9-16(15)20(24)25)19(22)13(3)23-18-7-5-4-6-17(18)21;/h4-10,12,23H,11,22H2,1-3H3;1H4/b19-13-;. The number of allylic oxidation sites excluding steroid dienone is 1. The Morgan fingerprint density at radius 1 is 1.23 bits per heavy atom. The zero-order chi connectivity index (χ0) is 18.1. The average Bonchev–Trinajstić information content (AvgIpc) is 2.92. The van der Waals surface area contributed by atoms with E-state index in [9.17, 15) is 9.18 Å². The maximum absolute atomic E-state index is 13.8. The third-order valence-electron chi connectivity index (χ3n) is 4.47. The molecule has 0 spiro atoms. The Kier molecular flexibility index (Phi) is 5.70. The number of fused-ring (bicyclic) bond motifs is 1. The molecule has 0 unspecified atom stereocenters. The van der Waals surface area contributed by atoms with Gasteiger partial charge in [0.25, 0.3) is 5.91 Å². The Hall–Kier alpha value is -2.82. The van der Waals surface area contributed by atoms with E-state index in [2.05, 4.69) is 5.32 Å². The fourth-order valence-electron chi connectivity index (χ4n) is 2.98. The van der Waals surface area contributed by atoms with Crippen molar-refractivity contribution < 1.29 is 9.18 Å². The number of para-hydroxylation sites is 1. The fourth-order valence-corrected chi connectivity index (χ4v) is 2.98. The van der Waals surface area contributed by atoms with Crippen molar-refractivity contribution in [3.8, 4) is 0 Å². The topological polar surface area (TPSA) is 58.4 Å². The van der Waals surface area contributed by atoms with E-state index >= 15 is 0 Å². The highest BCUT2D eigenvalue weighted by molar-refractivity contribution is 5.99. The third-order valence-corrected chi connectivity index (χ3v) is 4.47. The van der Waals surface area contributed by atoms with E-state index in [1.807, 2.05) is 36.9 Å². The van der Waals surface area contributed by atoms with E-state index in [0.717, 1.165) is 16.7 Å². The van der Waals surface area contributed by atoms with Crippen LogP contribution in [0.1, 0.15) is 49.7 Å². The van der Waals surface area contributed by atoms with Crippen molar-refractivity contribution in [2.75, 3.05) is 5.32 Å². The van der Waals surface area contributed by atoms with Gasteiger partial charge in [0, 0.05) is 23.8 Å². The van der Waals surface area contributed by atoms with Crippen LogP contribution in [0.3, 0.4) is 0 Å². The molecule has 0 fully saturated rings. The van der Waals surface area contributed by atoms with Crippen LogP contribution in [0.15, 0.2) is 48.2 Å². The number of nitrogens with zero attached hydrogens (tertiary/aromatic N) is 1. The Bertz CT molecular complexity index is 858. The molecule has 1 aliphatic rings. The quantitative estimate of drug-likeness (QED) is 0.844. The van der Waals surface area contributed by atoms with Crippen LogP contribution in [0.5, 0.6) is 0 Å². The number of carbonyl (C=O) groups excluding carboxylic acids is 1. The average molecular weight is 355 g/mol. The zero-order valence-corrected chi connectivity index (χ0v) is 14.6. The normalized spacial score (nSPS) is 14.0. The zero-order valence-electron chi connectivity index (χ0n) is 14.6. The van der Waals surface area contributed by atoms with Crippen molar-refractivity contribution in [2.24, 2.45) is 5.73 Å². The van der Waals surface area contributed by atoms with Crippen LogP contribution in [-0.4, -0.2) is 16.8 Å². The molecular weight excluding hydrogens is 329 g/mol. The first-order chi connectivity index (χ1) is 11.9. The summed E-state index contributed by atoms with van der Waals surface area (Å²) in [6, 6.07) is 12.2. The second kappa shape index (κ2) is 7.60. The molecule has 2 aromatic rings. The summed E-state index contributed by atoms with van der Waals surface area (Å²) in [6.07, 6.45) is 0. The molecule has 2 aromatic carbocycles. The van der Waals surface area contributed by atoms with Gasteiger partial charge in [-0.3, -0.25) is 4.79 Å². The molecule has 1 amide bonds. The number of rotatable bonds is 4. The summed E-state index contributed by atoms with van der Waals surface area (Å²) in [4.78, 5) is 14.2. The highest BCUT2D eigenvalue weighted by atomic mass is 19.1. The van der Waals surface area contributed by atoms with Crippen LogP contribution in [0.2, 0.25) is 0 Å². The Labute approximate surface area is 154 Å². The summed E-state index contributed by atoms with van der Waals surface area (Å²) in [5.41, 5.74) is 10.3. The lowest BCUT2D eigenvalue weighted by molar-refractivity contribution is 0.0730. The van der Waals surface area contributed by atoms with Crippen LogP contribution in [0.4, 0.5) is 10.1 Å². The lowest BCUT2D eigenvalue weighted by Gasteiger charge is -2.19. The van der Waals surface area contributed by atoms with Crippen LogP contribution < -0.4 is 11.1 Å². The van der Waals surface area contributed by atoms with Gasteiger partial charge in [0.15, 0.2) is 0 Å². The molecule has 1 heterocycles. The van der Waals surface area contributed by atoms with E-state index in [1.54, 1.807) is 25.1 Å². The van der Waals surface area contributed by atoms with Gasteiger partial charge in [-0.1, -0.05) is 25.6 Å². The molecule has 0 aliphatic carbocycles. The lowest BCUT2D eigenvalue weighted by Crippen LogP contribution is -2.30. The van der Waals surface area contributed by atoms with Crippen molar-refractivity contribution in [3.05, 3.63) is 70.7 Å². The number of anilines is 1. The van der Waals surface area contributed by atoms with Gasteiger partial charge in [-0.15, -0.1) is 0 Å². The number of carbonyl (C=O) groups is 1.